The number of aryl methyl sites for hydroxylation is 1. The summed E-state index contributed by atoms with van der Waals surface area (Å²) in [4.78, 5) is 0. The fraction of sp³-hybridized carbons (Fsp3) is 0.600. The standard InChI is InChI=1S/C12H18O.C11H16O.C7H16/c1-2-3-4-5-6-11-7-9-12(13)10-8-11;1-4-11(2,3)9-5-7-10(12)8-6-9;1-3-5-7-6-4-2/h7-10,13H,2-6H2,1H3;5-8,12H,4H2,1-3H3;3-7H2,1-2H3. The van der Waals surface area contributed by atoms with Crippen molar-refractivity contribution in [1.82, 2.24) is 0 Å². The summed E-state index contributed by atoms with van der Waals surface area (Å²) in [5.74, 6) is 0.697. The second-order valence-corrected chi connectivity index (χ2v) is 9.32. The van der Waals surface area contributed by atoms with Gasteiger partial charge in [0.2, 0.25) is 0 Å². The molecule has 0 saturated heterocycles. The highest BCUT2D eigenvalue weighted by atomic mass is 16.3. The molecule has 0 heterocycles. The second kappa shape index (κ2) is 18.6. The number of hydrogen-bond acceptors (Lipinski definition) is 2. The van der Waals surface area contributed by atoms with Crippen molar-refractivity contribution in [2.24, 2.45) is 0 Å². The van der Waals surface area contributed by atoms with E-state index in [4.69, 9.17) is 10.2 Å². The lowest BCUT2D eigenvalue weighted by molar-refractivity contribution is 0.471. The summed E-state index contributed by atoms with van der Waals surface area (Å²) < 4.78 is 0. The molecule has 0 amide bonds. The van der Waals surface area contributed by atoms with E-state index >= 15 is 0 Å². The summed E-state index contributed by atoms with van der Waals surface area (Å²) in [5, 5.41) is 18.2. The molecule has 2 nitrogen and oxygen atoms in total. The minimum atomic E-state index is 0.216. The lowest BCUT2D eigenvalue weighted by atomic mass is 9.82. The molecule has 182 valence electrons. The van der Waals surface area contributed by atoms with Gasteiger partial charge in [0.1, 0.15) is 11.5 Å². The Kier molecular flexibility index (Phi) is 17.5. The van der Waals surface area contributed by atoms with Crippen molar-refractivity contribution in [3.05, 3.63) is 59.7 Å². The van der Waals surface area contributed by atoms with Crippen LogP contribution in [0.3, 0.4) is 0 Å². The summed E-state index contributed by atoms with van der Waals surface area (Å²) in [6.45, 7) is 13.3. The average molecular weight is 443 g/mol. The number of phenols is 2. The van der Waals surface area contributed by atoms with Gasteiger partial charge in [-0.15, -0.1) is 0 Å². The molecule has 2 heteroatoms. The van der Waals surface area contributed by atoms with Gasteiger partial charge in [0.05, 0.1) is 0 Å². The predicted octanol–water partition coefficient (Wildman–Crippen LogP) is 9.57. The first kappa shape index (κ1) is 30.0. The molecule has 0 aliphatic rings. The van der Waals surface area contributed by atoms with E-state index in [1.165, 1.54) is 68.9 Å². The van der Waals surface area contributed by atoms with Crippen molar-refractivity contribution in [2.45, 2.75) is 118 Å². The molecular weight excluding hydrogens is 392 g/mol. The van der Waals surface area contributed by atoms with Crippen molar-refractivity contribution in [3.63, 3.8) is 0 Å². The van der Waals surface area contributed by atoms with E-state index in [9.17, 15) is 0 Å². The zero-order chi connectivity index (χ0) is 24.2. The van der Waals surface area contributed by atoms with Crippen LogP contribution < -0.4 is 0 Å². The largest absolute Gasteiger partial charge is 0.508 e. The molecule has 0 unspecified atom stereocenters. The van der Waals surface area contributed by atoms with Crippen LogP contribution in [-0.2, 0) is 11.8 Å². The minimum absolute atomic E-state index is 0.216. The number of unbranched alkanes of at least 4 members (excludes halogenated alkanes) is 7. The third-order valence-electron chi connectivity index (χ3n) is 6.00. The first-order valence-electron chi connectivity index (χ1n) is 12.9. The van der Waals surface area contributed by atoms with Gasteiger partial charge in [0, 0.05) is 0 Å². The second-order valence-electron chi connectivity index (χ2n) is 9.32. The zero-order valence-electron chi connectivity index (χ0n) is 21.8. The van der Waals surface area contributed by atoms with Gasteiger partial charge in [-0.05, 0) is 60.1 Å². The maximum Gasteiger partial charge on any atom is 0.115 e. The Morgan fingerprint density at radius 1 is 0.562 bits per heavy atom. The third kappa shape index (κ3) is 14.9. The Bertz CT molecular complexity index is 652. The third-order valence-corrected chi connectivity index (χ3v) is 6.00. The number of aromatic hydroxyl groups is 2. The Morgan fingerprint density at radius 2 is 0.969 bits per heavy atom. The first-order valence-corrected chi connectivity index (χ1v) is 12.9. The van der Waals surface area contributed by atoms with Gasteiger partial charge in [0.25, 0.3) is 0 Å². The van der Waals surface area contributed by atoms with Crippen LogP contribution in [0.1, 0.15) is 117 Å². The molecule has 0 aliphatic heterocycles. The fourth-order valence-corrected chi connectivity index (χ4v) is 3.21. The number of benzene rings is 2. The van der Waals surface area contributed by atoms with Crippen molar-refractivity contribution >= 4 is 0 Å². The highest BCUT2D eigenvalue weighted by Crippen LogP contribution is 2.27. The lowest BCUT2D eigenvalue weighted by Gasteiger charge is -2.22. The molecule has 2 rings (SSSR count). The van der Waals surface area contributed by atoms with E-state index in [2.05, 4.69) is 41.5 Å². The monoisotopic (exact) mass is 442 g/mol. The maximum absolute atomic E-state index is 9.10. The molecule has 0 fully saturated rings. The Morgan fingerprint density at radius 3 is 1.38 bits per heavy atom. The van der Waals surface area contributed by atoms with Gasteiger partial charge < -0.3 is 10.2 Å². The molecule has 0 aliphatic carbocycles. The molecule has 0 radical (unpaired) electrons. The van der Waals surface area contributed by atoms with Crippen molar-refractivity contribution in [2.75, 3.05) is 0 Å². The van der Waals surface area contributed by atoms with E-state index in [1.54, 1.807) is 24.3 Å². The Balaban J connectivity index is 0.000000473. The summed E-state index contributed by atoms with van der Waals surface area (Å²) in [6, 6.07) is 15.0. The van der Waals surface area contributed by atoms with Gasteiger partial charge in [-0.25, -0.2) is 0 Å². The lowest BCUT2D eigenvalue weighted by Crippen LogP contribution is -2.14. The summed E-state index contributed by atoms with van der Waals surface area (Å²) in [7, 11) is 0. The number of rotatable bonds is 11. The highest BCUT2D eigenvalue weighted by Gasteiger charge is 2.17. The molecule has 0 saturated carbocycles. The average Bonchev–Trinajstić information content (AvgIpc) is 2.79. The van der Waals surface area contributed by atoms with Crippen LogP contribution in [0.5, 0.6) is 11.5 Å². The molecule has 2 aromatic carbocycles. The molecule has 32 heavy (non-hydrogen) atoms. The van der Waals surface area contributed by atoms with E-state index in [1.807, 2.05) is 24.3 Å². The topological polar surface area (TPSA) is 40.5 Å². The van der Waals surface area contributed by atoms with Crippen LogP contribution in [-0.4, -0.2) is 10.2 Å². The summed E-state index contributed by atoms with van der Waals surface area (Å²) in [6.07, 6.45) is 14.5. The van der Waals surface area contributed by atoms with Gasteiger partial charge in [0.15, 0.2) is 0 Å². The quantitative estimate of drug-likeness (QED) is 0.340. The van der Waals surface area contributed by atoms with Gasteiger partial charge in [-0.1, -0.05) is 117 Å². The molecule has 0 spiro atoms. The SMILES string of the molecule is CCC(C)(C)c1ccc(O)cc1.CCCCCCC.CCCCCCc1ccc(O)cc1. The molecule has 0 aromatic heterocycles. The summed E-state index contributed by atoms with van der Waals surface area (Å²) >= 11 is 0. The van der Waals surface area contributed by atoms with Crippen LogP contribution in [0.15, 0.2) is 48.5 Å². The van der Waals surface area contributed by atoms with E-state index in [0.717, 1.165) is 12.8 Å². The van der Waals surface area contributed by atoms with Crippen molar-refractivity contribution in [1.29, 1.82) is 0 Å². The van der Waals surface area contributed by atoms with E-state index < -0.39 is 0 Å². The number of hydrogen-bond donors (Lipinski definition) is 2. The van der Waals surface area contributed by atoms with Crippen LogP contribution >= 0.6 is 0 Å². The predicted molar refractivity (Wildman–Crippen MR) is 142 cm³/mol. The van der Waals surface area contributed by atoms with Gasteiger partial charge >= 0.3 is 0 Å². The Hall–Kier alpha value is -1.96. The molecular formula is C30H50O2. The molecule has 2 N–H and O–H groups in total. The number of phenolic OH excluding ortho intramolecular Hbond substituents is 2. The normalized spacial score (nSPS) is 10.6. The highest BCUT2D eigenvalue weighted by molar-refractivity contribution is 5.30. The van der Waals surface area contributed by atoms with Crippen LogP contribution in [0.2, 0.25) is 0 Å². The van der Waals surface area contributed by atoms with Crippen molar-refractivity contribution in [3.8, 4) is 11.5 Å². The Labute approximate surface area is 199 Å². The summed E-state index contributed by atoms with van der Waals surface area (Å²) in [5.41, 5.74) is 2.82. The molecule has 0 bridgehead atoms. The van der Waals surface area contributed by atoms with Crippen molar-refractivity contribution < 1.29 is 10.2 Å². The van der Waals surface area contributed by atoms with Crippen LogP contribution in [0.4, 0.5) is 0 Å². The smallest absolute Gasteiger partial charge is 0.115 e. The van der Waals surface area contributed by atoms with Crippen LogP contribution in [0.25, 0.3) is 0 Å². The minimum Gasteiger partial charge on any atom is -0.508 e. The maximum atomic E-state index is 9.10. The van der Waals surface area contributed by atoms with Gasteiger partial charge in [-0.2, -0.15) is 0 Å². The van der Waals surface area contributed by atoms with Gasteiger partial charge in [-0.3, -0.25) is 0 Å². The zero-order valence-corrected chi connectivity index (χ0v) is 21.8. The fourth-order valence-electron chi connectivity index (χ4n) is 3.21. The molecule has 0 atom stereocenters. The molecule has 2 aromatic rings. The van der Waals surface area contributed by atoms with E-state index in [-0.39, 0.29) is 5.41 Å². The first-order chi connectivity index (χ1) is 15.3. The van der Waals surface area contributed by atoms with E-state index in [0.29, 0.717) is 11.5 Å². The van der Waals surface area contributed by atoms with Crippen LogP contribution in [0, 0.1) is 0 Å².